The van der Waals surface area contributed by atoms with Gasteiger partial charge in [0.05, 0.1) is 0 Å². The summed E-state index contributed by atoms with van der Waals surface area (Å²) in [5.74, 6) is 4.10. The van der Waals surface area contributed by atoms with Gasteiger partial charge in [-0.25, -0.2) is 4.98 Å². The summed E-state index contributed by atoms with van der Waals surface area (Å²) in [7, 11) is 0. The standard InChI is InChI=1S/C21H29N5O2/c1-16(2)5-7-22-21-23-8-6-20(24-21)26-11-9-25(10-12-26)14-17-3-4-18-19(13-17)28-15-27-18/h3-4,6,8,13,16H,5,7,9-12,14-15H2,1-2H3,(H,22,23,24). The predicted molar refractivity (Wildman–Crippen MR) is 110 cm³/mol. The molecule has 28 heavy (non-hydrogen) atoms. The molecule has 1 saturated heterocycles. The number of nitrogens with zero attached hydrogens (tertiary/aromatic N) is 4. The SMILES string of the molecule is CC(C)CCNc1nccc(N2CCN(Cc3ccc4c(c3)OCO4)CC2)n1. The van der Waals surface area contributed by atoms with Crippen molar-refractivity contribution in [1.29, 1.82) is 0 Å². The first-order valence-corrected chi connectivity index (χ1v) is 10.1. The Morgan fingerprint density at radius 2 is 1.89 bits per heavy atom. The van der Waals surface area contributed by atoms with E-state index in [0.29, 0.717) is 12.7 Å². The van der Waals surface area contributed by atoms with Crippen LogP contribution in [0.15, 0.2) is 30.5 Å². The fourth-order valence-electron chi connectivity index (χ4n) is 3.52. The van der Waals surface area contributed by atoms with E-state index in [-0.39, 0.29) is 0 Å². The molecular formula is C21H29N5O2. The third kappa shape index (κ3) is 4.65. The van der Waals surface area contributed by atoms with E-state index in [1.807, 2.05) is 18.3 Å². The van der Waals surface area contributed by atoms with Crippen LogP contribution in [0.25, 0.3) is 0 Å². The molecule has 3 heterocycles. The molecular weight excluding hydrogens is 354 g/mol. The molecule has 2 aliphatic rings. The molecule has 1 N–H and O–H groups in total. The second kappa shape index (κ2) is 8.65. The zero-order valence-electron chi connectivity index (χ0n) is 16.7. The van der Waals surface area contributed by atoms with Crippen LogP contribution in [-0.2, 0) is 6.54 Å². The third-order valence-electron chi connectivity index (χ3n) is 5.19. The molecule has 0 spiro atoms. The molecule has 1 fully saturated rings. The number of aromatic nitrogens is 2. The van der Waals surface area contributed by atoms with Gasteiger partial charge in [0, 0.05) is 45.5 Å². The van der Waals surface area contributed by atoms with Crippen LogP contribution in [0.1, 0.15) is 25.8 Å². The minimum absolute atomic E-state index is 0.324. The van der Waals surface area contributed by atoms with Gasteiger partial charge in [0.1, 0.15) is 5.82 Å². The summed E-state index contributed by atoms with van der Waals surface area (Å²) in [6.07, 6.45) is 2.96. The van der Waals surface area contributed by atoms with Crippen molar-refractivity contribution in [2.75, 3.05) is 49.7 Å². The van der Waals surface area contributed by atoms with Crippen molar-refractivity contribution in [3.8, 4) is 11.5 Å². The lowest BCUT2D eigenvalue weighted by Gasteiger charge is -2.35. The number of piperazine rings is 1. The Morgan fingerprint density at radius 1 is 1.07 bits per heavy atom. The number of benzene rings is 1. The van der Waals surface area contributed by atoms with Crippen LogP contribution in [0.3, 0.4) is 0 Å². The van der Waals surface area contributed by atoms with E-state index < -0.39 is 0 Å². The second-order valence-electron chi connectivity index (χ2n) is 7.80. The maximum Gasteiger partial charge on any atom is 0.231 e. The fraction of sp³-hybridized carbons (Fsp3) is 0.524. The van der Waals surface area contributed by atoms with Crippen molar-refractivity contribution >= 4 is 11.8 Å². The van der Waals surface area contributed by atoms with E-state index >= 15 is 0 Å². The van der Waals surface area contributed by atoms with Crippen molar-refractivity contribution < 1.29 is 9.47 Å². The lowest BCUT2D eigenvalue weighted by atomic mass is 10.1. The van der Waals surface area contributed by atoms with E-state index in [1.54, 1.807) is 0 Å². The van der Waals surface area contributed by atoms with Crippen LogP contribution in [0.2, 0.25) is 0 Å². The summed E-state index contributed by atoms with van der Waals surface area (Å²) in [6.45, 7) is 10.6. The molecule has 1 aromatic heterocycles. The van der Waals surface area contributed by atoms with E-state index in [1.165, 1.54) is 5.56 Å². The summed E-state index contributed by atoms with van der Waals surface area (Å²) in [4.78, 5) is 13.9. The van der Waals surface area contributed by atoms with Crippen LogP contribution >= 0.6 is 0 Å². The minimum atomic E-state index is 0.324. The van der Waals surface area contributed by atoms with Gasteiger partial charge in [-0.15, -0.1) is 0 Å². The molecule has 0 atom stereocenters. The molecule has 0 saturated carbocycles. The van der Waals surface area contributed by atoms with E-state index in [0.717, 1.165) is 69.0 Å². The van der Waals surface area contributed by atoms with Gasteiger partial charge in [0.15, 0.2) is 11.5 Å². The Kier molecular flexibility index (Phi) is 5.81. The molecule has 4 rings (SSSR count). The number of nitrogens with one attached hydrogen (secondary N) is 1. The molecule has 2 aromatic rings. The molecule has 1 aromatic carbocycles. The van der Waals surface area contributed by atoms with Crippen LogP contribution < -0.4 is 19.7 Å². The highest BCUT2D eigenvalue weighted by molar-refractivity contribution is 5.45. The zero-order chi connectivity index (χ0) is 19.3. The highest BCUT2D eigenvalue weighted by Gasteiger charge is 2.20. The average molecular weight is 383 g/mol. The van der Waals surface area contributed by atoms with Gasteiger partial charge in [-0.05, 0) is 36.1 Å². The van der Waals surface area contributed by atoms with Gasteiger partial charge < -0.3 is 19.7 Å². The van der Waals surface area contributed by atoms with Crippen LogP contribution in [-0.4, -0.2) is 54.4 Å². The molecule has 7 heteroatoms. The predicted octanol–water partition coefficient (Wildman–Crippen LogP) is 2.99. The van der Waals surface area contributed by atoms with Crippen molar-refractivity contribution in [2.45, 2.75) is 26.8 Å². The number of hydrogen-bond acceptors (Lipinski definition) is 7. The van der Waals surface area contributed by atoms with E-state index in [9.17, 15) is 0 Å². The van der Waals surface area contributed by atoms with Crippen LogP contribution in [0, 0.1) is 5.92 Å². The lowest BCUT2D eigenvalue weighted by Crippen LogP contribution is -2.46. The number of rotatable bonds is 7. The maximum absolute atomic E-state index is 5.49. The summed E-state index contributed by atoms with van der Waals surface area (Å²) in [5, 5.41) is 3.34. The molecule has 0 radical (unpaired) electrons. The molecule has 0 aliphatic carbocycles. The van der Waals surface area contributed by atoms with E-state index in [4.69, 9.17) is 14.5 Å². The molecule has 7 nitrogen and oxygen atoms in total. The smallest absolute Gasteiger partial charge is 0.231 e. The molecule has 150 valence electrons. The van der Waals surface area contributed by atoms with Gasteiger partial charge in [-0.2, -0.15) is 4.98 Å². The highest BCUT2D eigenvalue weighted by Crippen LogP contribution is 2.32. The Balaban J connectivity index is 1.29. The minimum Gasteiger partial charge on any atom is -0.454 e. The number of hydrogen-bond donors (Lipinski definition) is 1. The summed E-state index contributed by atoms with van der Waals surface area (Å²) in [6, 6.07) is 8.22. The van der Waals surface area contributed by atoms with Gasteiger partial charge in [-0.3, -0.25) is 4.90 Å². The van der Waals surface area contributed by atoms with Crippen molar-refractivity contribution in [2.24, 2.45) is 5.92 Å². The summed E-state index contributed by atoms with van der Waals surface area (Å²) >= 11 is 0. The monoisotopic (exact) mass is 383 g/mol. The quantitative estimate of drug-likeness (QED) is 0.788. The maximum atomic E-state index is 5.49. The molecule has 0 unspecified atom stereocenters. The first-order chi connectivity index (χ1) is 13.7. The highest BCUT2D eigenvalue weighted by atomic mass is 16.7. The van der Waals surface area contributed by atoms with Crippen LogP contribution in [0.5, 0.6) is 11.5 Å². The number of anilines is 2. The van der Waals surface area contributed by atoms with Crippen molar-refractivity contribution in [1.82, 2.24) is 14.9 Å². The van der Waals surface area contributed by atoms with Gasteiger partial charge >= 0.3 is 0 Å². The van der Waals surface area contributed by atoms with Gasteiger partial charge in [0.2, 0.25) is 12.7 Å². The van der Waals surface area contributed by atoms with Crippen molar-refractivity contribution in [3.63, 3.8) is 0 Å². The largest absolute Gasteiger partial charge is 0.454 e. The topological polar surface area (TPSA) is 62.8 Å². The number of ether oxygens (including phenoxy) is 2. The van der Waals surface area contributed by atoms with Crippen molar-refractivity contribution in [3.05, 3.63) is 36.0 Å². The normalized spacial score (nSPS) is 16.6. The molecule has 0 amide bonds. The average Bonchev–Trinajstić information content (AvgIpc) is 3.16. The van der Waals surface area contributed by atoms with Gasteiger partial charge in [0.25, 0.3) is 0 Å². The lowest BCUT2D eigenvalue weighted by molar-refractivity contribution is 0.174. The third-order valence-corrected chi connectivity index (χ3v) is 5.19. The first kappa shape index (κ1) is 18.8. The molecule has 0 bridgehead atoms. The van der Waals surface area contributed by atoms with E-state index in [2.05, 4.69) is 46.1 Å². The Morgan fingerprint density at radius 3 is 2.71 bits per heavy atom. The molecule has 2 aliphatic heterocycles. The fourth-order valence-corrected chi connectivity index (χ4v) is 3.52. The second-order valence-corrected chi connectivity index (χ2v) is 7.80. The summed E-state index contributed by atoms with van der Waals surface area (Å²) < 4.78 is 10.9. The zero-order valence-corrected chi connectivity index (χ0v) is 16.7. The number of fused-ring (bicyclic) bond motifs is 1. The van der Waals surface area contributed by atoms with Crippen LogP contribution in [0.4, 0.5) is 11.8 Å². The Bertz CT molecular complexity index is 790. The summed E-state index contributed by atoms with van der Waals surface area (Å²) in [5.41, 5.74) is 1.26. The first-order valence-electron chi connectivity index (χ1n) is 10.1. The Labute approximate surface area is 166 Å². The Hall–Kier alpha value is -2.54. The van der Waals surface area contributed by atoms with Gasteiger partial charge in [-0.1, -0.05) is 19.9 Å².